The number of esters is 1. The zero-order valence-electron chi connectivity index (χ0n) is 8.20. The molecular formula is C11H12O3. The molecule has 0 unspecified atom stereocenters. The largest absolute Gasteiger partial charge is 0.508 e. The maximum Gasteiger partial charge on any atom is 0.338 e. The number of benzene rings is 1. The molecule has 0 spiro atoms. The highest BCUT2D eigenvalue weighted by Gasteiger charge is 2.06. The predicted molar refractivity (Wildman–Crippen MR) is 53.3 cm³/mol. The first kappa shape index (κ1) is 10.3. The van der Waals surface area contributed by atoms with E-state index < -0.39 is 5.97 Å². The molecule has 1 rings (SSSR count). The van der Waals surface area contributed by atoms with E-state index in [1.54, 1.807) is 26.0 Å². The second kappa shape index (κ2) is 3.96. The van der Waals surface area contributed by atoms with Gasteiger partial charge in [0.15, 0.2) is 0 Å². The lowest BCUT2D eigenvalue weighted by atomic mass is 10.2. The summed E-state index contributed by atoms with van der Waals surface area (Å²) in [5, 5.41) is 9.23. The molecule has 0 saturated heterocycles. The van der Waals surface area contributed by atoms with Gasteiger partial charge in [-0.05, 0) is 31.5 Å². The average molecular weight is 192 g/mol. The van der Waals surface area contributed by atoms with E-state index in [2.05, 4.69) is 6.58 Å². The molecule has 0 fully saturated rings. The zero-order chi connectivity index (χ0) is 10.7. The van der Waals surface area contributed by atoms with Crippen molar-refractivity contribution < 1.29 is 14.6 Å². The molecule has 1 aromatic carbocycles. The fraction of sp³-hybridized carbons (Fsp3) is 0.182. The minimum absolute atomic E-state index is 0.0783. The molecule has 0 aromatic heterocycles. The molecule has 0 heterocycles. The molecule has 0 aliphatic rings. The third kappa shape index (κ3) is 2.62. The lowest BCUT2D eigenvalue weighted by Gasteiger charge is -2.05. The van der Waals surface area contributed by atoms with Gasteiger partial charge in [0, 0.05) is 11.6 Å². The van der Waals surface area contributed by atoms with Crippen molar-refractivity contribution in [3.8, 4) is 11.5 Å². The van der Waals surface area contributed by atoms with E-state index in [0.29, 0.717) is 11.3 Å². The zero-order valence-corrected chi connectivity index (χ0v) is 8.20. The van der Waals surface area contributed by atoms with Gasteiger partial charge in [0.1, 0.15) is 11.5 Å². The second-order valence-corrected chi connectivity index (χ2v) is 3.17. The van der Waals surface area contributed by atoms with Crippen LogP contribution in [0.5, 0.6) is 11.5 Å². The van der Waals surface area contributed by atoms with Crippen molar-refractivity contribution in [2.75, 3.05) is 0 Å². The van der Waals surface area contributed by atoms with Crippen molar-refractivity contribution in [2.45, 2.75) is 13.8 Å². The van der Waals surface area contributed by atoms with Crippen molar-refractivity contribution in [1.29, 1.82) is 0 Å². The van der Waals surface area contributed by atoms with Crippen molar-refractivity contribution in [1.82, 2.24) is 0 Å². The van der Waals surface area contributed by atoms with Gasteiger partial charge in [-0.15, -0.1) is 0 Å². The number of carbonyl (C=O) groups is 1. The lowest BCUT2D eigenvalue weighted by Crippen LogP contribution is -2.08. The maximum absolute atomic E-state index is 11.1. The Bertz CT molecular complexity index is 360. The van der Waals surface area contributed by atoms with E-state index in [9.17, 15) is 9.90 Å². The normalized spacial score (nSPS) is 9.57. The monoisotopic (exact) mass is 192 g/mol. The van der Waals surface area contributed by atoms with Crippen molar-refractivity contribution >= 4 is 5.97 Å². The minimum atomic E-state index is -0.491. The summed E-state index contributed by atoms with van der Waals surface area (Å²) in [5.74, 6) is -0.0833. The molecule has 3 nitrogen and oxygen atoms in total. The minimum Gasteiger partial charge on any atom is -0.508 e. The molecule has 3 heteroatoms. The summed E-state index contributed by atoms with van der Waals surface area (Å²) in [7, 11) is 0. The third-order valence-corrected chi connectivity index (χ3v) is 1.59. The predicted octanol–water partition coefficient (Wildman–Crippen LogP) is 2.18. The number of carbonyl (C=O) groups excluding carboxylic acids is 1. The highest BCUT2D eigenvalue weighted by atomic mass is 16.5. The van der Waals surface area contributed by atoms with Crippen molar-refractivity contribution in [3.63, 3.8) is 0 Å². The maximum atomic E-state index is 11.1. The van der Waals surface area contributed by atoms with Crippen LogP contribution in [0.1, 0.15) is 12.5 Å². The van der Waals surface area contributed by atoms with Crippen LogP contribution in [0.4, 0.5) is 0 Å². The summed E-state index contributed by atoms with van der Waals surface area (Å²) in [5.41, 5.74) is 1.15. The summed E-state index contributed by atoms with van der Waals surface area (Å²) < 4.78 is 4.94. The van der Waals surface area contributed by atoms with Crippen molar-refractivity contribution in [3.05, 3.63) is 35.9 Å². The highest BCUT2D eigenvalue weighted by molar-refractivity contribution is 5.88. The highest BCUT2D eigenvalue weighted by Crippen LogP contribution is 2.21. The van der Waals surface area contributed by atoms with Crippen LogP contribution in [-0.2, 0) is 4.79 Å². The van der Waals surface area contributed by atoms with Crippen LogP contribution >= 0.6 is 0 Å². The van der Waals surface area contributed by atoms with E-state index in [-0.39, 0.29) is 5.75 Å². The molecule has 0 bridgehead atoms. The SMILES string of the molecule is C=C(C)C(=O)Oc1cc(C)cc(O)c1. The lowest BCUT2D eigenvalue weighted by molar-refractivity contribution is -0.130. The van der Waals surface area contributed by atoms with Gasteiger partial charge in [0.25, 0.3) is 0 Å². The average Bonchev–Trinajstić information content (AvgIpc) is 2.01. The Morgan fingerprint density at radius 3 is 2.57 bits per heavy atom. The van der Waals surface area contributed by atoms with Gasteiger partial charge >= 0.3 is 5.97 Å². The first-order chi connectivity index (χ1) is 6.49. The van der Waals surface area contributed by atoms with Crippen molar-refractivity contribution in [2.24, 2.45) is 0 Å². The number of hydrogen-bond acceptors (Lipinski definition) is 3. The molecular weight excluding hydrogens is 180 g/mol. The van der Waals surface area contributed by atoms with Crippen LogP contribution in [-0.4, -0.2) is 11.1 Å². The van der Waals surface area contributed by atoms with Gasteiger partial charge in [-0.2, -0.15) is 0 Å². The number of phenolic OH excluding ortho intramolecular Hbond substituents is 1. The van der Waals surface area contributed by atoms with Gasteiger partial charge < -0.3 is 9.84 Å². The topological polar surface area (TPSA) is 46.5 Å². The molecule has 1 aromatic rings. The molecule has 0 radical (unpaired) electrons. The van der Waals surface area contributed by atoms with E-state index in [1.807, 2.05) is 0 Å². The van der Waals surface area contributed by atoms with Gasteiger partial charge in [0.05, 0.1) is 0 Å². The van der Waals surface area contributed by atoms with Crippen LogP contribution in [0.25, 0.3) is 0 Å². The summed E-state index contributed by atoms with van der Waals surface area (Å²) in [6.07, 6.45) is 0. The molecule has 14 heavy (non-hydrogen) atoms. The van der Waals surface area contributed by atoms with Crippen LogP contribution in [0.2, 0.25) is 0 Å². The molecule has 1 N–H and O–H groups in total. The van der Waals surface area contributed by atoms with Gasteiger partial charge in [-0.3, -0.25) is 0 Å². The molecule has 0 aliphatic heterocycles. The number of aromatic hydroxyl groups is 1. The van der Waals surface area contributed by atoms with E-state index >= 15 is 0 Å². The van der Waals surface area contributed by atoms with E-state index in [1.165, 1.54) is 6.07 Å². The summed E-state index contributed by atoms with van der Waals surface area (Å²) in [6.45, 7) is 6.83. The fourth-order valence-corrected chi connectivity index (χ4v) is 0.981. The van der Waals surface area contributed by atoms with E-state index in [4.69, 9.17) is 4.74 Å². The Kier molecular flexibility index (Phi) is 2.92. The van der Waals surface area contributed by atoms with E-state index in [0.717, 1.165) is 5.56 Å². The Morgan fingerprint density at radius 1 is 1.43 bits per heavy atom. The summed E-state index contributed by atoms with van der Waals surface area (Å²) in [4.78, 5) is 11.1. The quantitative estimate of drug-likeness (QED) is 0.444. The first-order valence-electron chi connectivity index (χ1n) is 4.17. The van der Waals surface area contributed by atoms with Gasteiger partial charge in [-0.1, -0.05) is 6.58 Å². The molecule has 0 atom stereocenters. The molecule has 74 valence electrons. The summed E-state index contributed by atoms with van der Waals surface area (Å²) >= 11 is 0. The van der Waals surface area contributed by atoms with Gasteiger partial charge in [0.2, 0.25) is 0 Å². The Labute approximate surface area is 82.6 Å². The number of hydrogen-bond donors (Lipinski definition) is 1. The standard InChI is InChI=1S/C11H12O3/c1-7(2)11(13)14-10-5-8(3)4-9(12)6-10/h4-6,12H,1H2,2-3H3. The van der Waals surface area contributed by atoms with Crippen LogP contribution in [0, 0.1) is 6.92 Å². The number of phenols is 1. The van der Waals surface area contributed by atoms with Gasteiger partial charge in [-0.25, -0.2) is 4.79 Å². The molecule has 0 amide bonds. The van der Waals surface area contributed by atoms with Crippen LogP contribution in [0.15, 0.2) is 30.4 Å². The number of rotatable bonds is 2. The smallest absolute Gasteiger partial charge is 0.338 e. The molecule has 0 saturated carbocycles. The fourth-order valence-electron chi connectivity index (χ4n) is 0.981. The third-order valence-electron chi connectivity index (χ3n) is 1.59. The summed E-state index contributed by atoms with van der Waals surface area (Å²) in [6, 6.07) is 4.63. The van der Waals surface area contributed by atoms with Crippen LogP contribution < -0.4 is 4.74 Å². The number of aryl methyl sites for hydroxylation is 1. The Morgan fingerprint density at radius 2 is 2.07 bits per heavy atom. The first-order valence-corrected chi connectivity index (χ1v) is 4.17. The van der Waals surface area contributed by atoms with Crippen LogP contribution in [0.3, 0.4) is 0 Å². The number of ether oxygens (including phenoxy) is 1. The second-order valence-electron chi connectivity index (χ2n) is 3.17. The Hall–Kier alpha value is -1.77. The Balaban J connectivity index is 2.87. The molecule has 0 aliphatic carbocycles.